The lowest BCUT2D eigenvalue weighted by atomic mass is 10.2. The Balaban J connectivity index is 1.42. The third-order valence-corrected chi connectivity index (χ3v) is 4.28. The number of nitrogens with one attached hydrogen (secondary N) is 2. The lowest BCUT2D eigenvalue weighted by Crippen LogP contribution is -2.43. The van der Waals surface area contributed by atoms with E-state index in [0.717, 1.165) is 0 Å². The van der Waals surface area contributed by atoms with Gasteiger partial charge in [0.15, 0.2) is 24.7 Å². The molecule has 172 valence electrons. The monoisotopic (exact) mass is 456 g/mol. The minimum Gasteiger partial charge on any atom is -0.493 e. The molecule has 11 nitrogen and oxygen atoms in total. The van der Waals surface area contributed by atoms with Crippen LogP contribution < -0.4 is 30.7 Å². The Bertz CT molecular complexity index is 1240. The van der Waals surface area contributed by atoms with Crippen LogP contribution in [-0.2, 0) is 14.3 Å². The van der Waals surface area contributed by atoms with Crippen molar-refractivity contribution in [2.24, 2.45) is 0 Å². The van der Waals surface area contributed by atoms with Gasteiger partial charge in [-0.2, -0.15) is 0 Å². The van der Waals surface area contributed by atoms with E-state index >= 15 is 0 Å². The number of esters is 1. The van der Waals surface area contributed by atoms with Crippen molar-refractivity contribution in [3.63, 3.8) is 0 Å². The second-order valence-electron chi connectivity index (χ2n) is 6.48. The Hall–Kier alpha value is -4.54. The number of hydrogen-bond donors (Lipinski definition) is 2. The zero-order valence-electron chi connectivity index (χ0n) is 17.7. The molecule has 3 aromatic rings. The van der Waals surface area contributed by atoms with Gasteiger partial charge in [0, 0.05) is 23.1 Å². The summed E-state index contributed by atoms with van der Waals surface area (Å²) in [6.45, 7) is -1.12. The summed E-state index contributed by atoms with van der Waals surface area (Å²) in [5.41, 5.74) is 4.33. The lowest BCUT2D eigenvalue weighted by Gasteiger charge is -2.11. The van der Waals surface area contributed by atoms with Gasteiger partial charge in [-0.05, 0) is 36.4 Å². The van der Waals surface area contributed by atoms with Crippen LogP contribution >= 0.6 is 0 Å². The average Bonchev–Trinajstić information content (AvgIpc) is 2.83. The van der Waals surface area contributed by atoms with Gasteiger partial charge in [0.25, 0.3) is 11.8 Å². The SMILES string of the molecule is COc1ccc(C(=O)NNC(=O)COC(=O)COc2ccc3ccc(=O)oc3c2)cc1OC. The van der Waals surface area contributed by atoms with E-state index in [1.54, 1.807) is 24.3 Å². The van der Waals surface area contributed by atoms with Gasteiger partial charge in [-0.25, -0.2) is 9.59 Å². The topological polar surface area (TPSA) is 142 Å². The molecule has 11 heteroatoms. The molecule has 0 aliphatic carbocycles. The summed E-state index contributed by atoms with van der Waals surface area (Å²) in [6, 6.07) is 12.1. The van der Waals surface area contributed by atoms with Crippen LogP contribution in [-0.4, -0.2) is 45.2 Å². The standard InChI is InChI=1S/C22H20N2O9/c1-29-16-7-4-14(9-18(16)30-2)22(28)24-23-19(25)11-32-21(27)12-31-15-6-3-13-5-8-20(26)33-17(13)10-15/h3-10H,11-12H2,1-2H3,(H,23,25)(H,24,28). The molecule has 0 radical (unpaired) electrons. The van der Waals surface area contributed by atoms with Crippen molar-refractivity contribution in [3.8, 4) is 17.2 Å². The first-order chi connectivity index (χ1) is 15.9. The summed E-state index contributed by atoms with van der Waals surface area (Å²) in [5, 5.41) is 0.691. The number of fused-ring (bicyclic) bond motifs is 1. The van der Waals surface area contributed by atoms with Gasteiger partial charge in [-0.3, -0.25) is 20.4 Å². The molecule has 0 unspecified atom stereocenters. The summed E-state index contributed by atoms with van der Waals surface area (Å²) in [7, 11) is 2.89. The summed E-state index contributed by atoms with van der Waals surface area (Å²) < 4.78 is 25.3. The first-order valence-corrected chi connectivity index (χ1v) is 9.53. The van der Waals surface area contributed by atoms with E-state index in [2.05, 4.69) is 10.9 Å². The predicted octanol–water partition coefficient (Wildman–Crippen LogP) is 1.19. The molecular formula is C22H20N2O9. The number of hydrazine groups is 1. The molecule has 0 spiro atoms. The highest BCUT2D eigenvalue weighted by Crippen LogP contribution is 2.27. The van der Waals surface area contributed by atoms with Crippen LogP contribution in [0.15, 0.2) is 57.7 Å². The van der Waals surface area contributed by atoms with Crippen LogP contribution in [0.2, 0.25) is 0 Å². The molecule has 3 rings (SSSR count). The molecule has 2 amide bonds. The van der Waals surface area contributed by atoms with Crippen molar-refractivity contribution >= 4 is 28.8 Å². The fourth-order valence-corrected chi connectivity index (χ4v) is 2.67. The second kappa shape index (κ2) is 10.7. The molecule has 0 atom stereocenters. The van der Waals surface area contributed by atoms with Crippen molar-refractivity contribution < 1.29 is 37.7 Å². The molecule has 2 aromatic carbocycles. The number of rotatable bonds is 8. The van der Waals surface area contributed by atoms with E-state index in [4.69, 9.17) is 23.4 Å². The summed E-state index contributed by atoms with van der Waals surface area (Å²) in [5.74, 6) is -1.11. The van der Waals surface area contributed by atoms with Crippen LogP contribution in [0.5, 0.6) is 17.2 Å². The first-order valence-electron chi connectivity index (χ1n) is 9.53. The number of amides is 2. The van der Waals surface area contributed by atoms with Crippen LogP contribution in [0.1, 0.15) is 10.4 Å². The van der Waals surface area contributed by atoms with E-state index in [1.807, 2.05) is 0 Å². The zero-order valence-corrected chi connectivity index (χ0v) is 17.7. The third-order valence-electron chi connectivity index (χ3n) is 4.28. The van der Waals surface area contributed by atoms with Gasteiger partial charge in [-0.15, -0.1) is 0 Å². The van der Waals surface area contributed by atoms with Crippen LogP contribution in [0, 0.1) is 0 Å². The molecule has 0 saturated carbocycles. The summed E-state index contributed by atoms with van der Waals surface area (Å²) >= 11 is 0. The van der Waals surface area contributed by atoms with E-state index in [-0.39, 0.29) is 11.3 Å². The molecule has 0 aliphatic rings. The number of methoxy groups -OCH3 is 2. The minimum absolute atomic E-state index is 0.213. The van der Waals surface area contributed by atoms with E-state index in [9.17, 15) is 19.2 Å². The lowest BCUT2D eigenvalue weighted by molar-refractivity contribution is -0.150. The van der Waals surface area contributed by atoms with Gasteiger partial charge in [0.05, 0.1) is 14.2 Å². The van der Waals surface area contributed by atoms with Crippen LogP contribution in [0.4, 0.5) is 0 Å². The molecular weight excluding hydrogens is 436 g/mol. The number of hydrogen-bond acceptors (Lipinski definition) is 9. The molecule has 0 fully saturated rings. The maximum absolute atomic E-state index is 12.2. The number of carbonyl (C=O) groups excluding carboxylic acids is 3. The van der Waals surface area contributed by atoms with Crippen LogP contribution in [0.25, 0.3) is 11.0 Å². The predicted molar refractivity (Wildman–Crippen MR) is 114 cm³/mol. The molecule has 0 aliphatic heterocycles. The largest absolute Gasteiger partial charge is 0.493 e. The second-order valence-corrected chi connectivity index (χ2v) is 6.48. The fourth-order valence-electron chi connectivity index (χ4n) is 2.67. The Kier molecular flexibility index (Phi) is 7.47. The van der Waals surface area contributed by atoms with E-state index < -0.39 is 36.6 Å². The van der Waals surface area contributed by atoms with Crippen molar-refractivity contribution in [1.29, 1.82) is 0 Å². The molecule has 0 bridgehead atoms. The highest BCUT2D eigenvalue weighted by Gasteiger charge is 2.13. The molecule has 1 heterocycles. The van der Waals surface area contributed by atoms with Crippen molar-refractivity contribution in [1.82, 2.24) is 10.9 Å². The number of carbonyl (C=O) groups is 3. The maximum atomic E-state index is 12.2. The van der Waals surface area contributed by atoms with E-state index in [0.29, 0.717) is 22.5 Å². The van der Waals surface area contributed by atoms with Gasteiger partial charge in [0.2, 0.25) is 0 Å². The molecule has 33 heavy (non-hydrogen) atoms. The number of benzene rings is 2. The quantitative estimate of drug-likeness (QED) is 0.290. The average molecular weight is 456 g/mol. The van der Waals surface area contributed by atoms with Crippen LogP contribution in [0.3, 0.4) is 0 Å². The zero-order chi connectivity index (χ0) is 23.8. The fraction of sp³-hybridized carbons (Fsp3) is 0.182. The first kappa shape index (κ1) is 23.1. The Morgan fingerprint density at radius 3 is 2.39 bits per heavy atom. The van der Waals surface area contributed by atoms with Gasteiger partial charge in [0.1, 0.15) is 11.3 Å². The van der Waals surface area contributed by atoms with Gasteiger partial charge >= 0.3 is 11.6 Å². The molecule has 0 saturated heterocycles. The van der Waals surface area contributed by atoms with Crippen molar-refractivity contribution in [3.05, 3.63) is 64.5 Å². The van der Waals surface area contributed by atoms with Gasteiger partial charge in [-0.1, -0.05) is 0 Å². The Morgan fingerprint density at radius 1 is 0.879 bits per heavy atom. The highest BCUT2D eigenvalue weighted by atomic mass is 16.6. The molecule has 1 aromatic heterocycles. The van der Waals surface area contributed by atoms with Gasteiger partial charge < -0.3 is 23.4 Å². The molecule has 2 N–H and O–H groups in total. The third kappa shape index (κ3) is 6.23. The highest BCUT2D eigenvalue weighted by molar-refractivity contribution is 5.96. The van der Waals surface area contributed by atoms with Crippen molar-refractivity contribution in [2.75, 3.05) is 27.4 Å². The van der Waals surface area contributed by atoms with E-state index in [1.165, 1.54) is 38.5 Å². The minimum atomic E-state index is -0.814. The van der Waals surface area contributed by atoms with Crippen molar-refractivity contribution in [2.45, 2.75) is 0 Å². The Labute approximate surface area is 187 Å². The summed E-state index contributed by atoms with van der Waals surface area (Å²) in [4.78, 5) is 47.1. The summed E-state index contributed by atoms with van der Waals surface area (Å²) in [6.07, 6.45) is 0. The number of ether oxygens (including phenoxy) is 4. The Morgan fingerprint density at radius 2 is 1.64 bits per heavy atom. The smallest absolute Gasteiger partial charge is 0.344 e. The normalized spacial score (nSPS) is 10.2. The maximum Gasteiger partial charge on any atom is 0.344 e.